The molecular weight excluding hydrogens is 421 g/mol. The van der Waals surface area contributed by atoms with Crippen LogP contribution in [0.15, 0.2) is 58.0 Å². The number of halogens is 1. The molecule has 0 spiro atoms. The molecule has 33 heavy (non-hydrogen) atoms. The number of carbonyl (C=O) groups is 2. The zero-order chi connectivity index (χ0) is 22.9. The fraction of sp³-hybridized carbons (Fsp3) is 0.269. The smallest absolute Gasteiger partial charge is 0.294 e. The molecule has 1 aromatic heterocycles. The number of benzene rings is 2. The van der Waals surface area contributed by atoms with E-state index >= 15 is 0 Å². The molecule has 1 aliphatic heterocycles. The van der Waals surface area contributed by atoms with Crippen LogP contribution in [0.1, 0.15) is 62.6 Å². The van der Waals surface area contributed by atoms with Crippen LogP contribution in [0.4, 0.5) is 10.1 Å². The lowest BCUT2D eigenvalue weighted by Crippen LogP contribution is -2.35. The summed E-state index contributed by atoms with van der Waals surface area (Å²) < 4.78 is 20.0. The van der Waals surface area contributed by atoms with Crippen molar-refractivity contribution < 1.29 is 18.4 Å². The lowest BCUT2D eigenvalue weighted by atomic mass is 9.93. The van der Waals surface area contributed by atoms with Crippen LogP contribution in [0.2, 0.25) is 0 Å². The van der Waals surface area contributed by atoms with Crippen molar-refractivity contribution in [3.63, 3.8) is 0 Å². The van der Waals surface area contributed by atoms with Gasteiger partial charge in [-0.3, -0.25) is 9.59 Å². The first-order valence-electron chi connectivity index (χ1n) is 11.2. The van der Waals surface area contributed by atoms with Crippen molar-refractivity contribution in [2.75, 3.05) is 11.4 Å². The van der Waals surface area contributed by atoms with E-state index in [9.17, 15) is 14.0 Å². The average molecular weight is 445 g/mol. The van der Waals surface area contributed by atoms with E-state index in [1.165, 1.54) is 18.2 Å². The second-order valence-corrected chi connectivity index (χ2v) is 8.38. The minimum absolute atomic E-state index is 0.0681. The Balaban J connectivity index is 1.44. The molecule has 2 heterocycles. The lowest BCUT2D eigenvalue weighted by molar-refractivity contribution is 0.0945. The number of nitrogens with zero attached hydrogens (tertiary/aromatic N) is 2. The highest BCUT2D eigenvalue weighted by Gasteiger charge is 2.32. The van der Waals surface area contributed by atoms with E-state index in [0.717, 1.165) is 41.6 Å². The molecule has 2 aromatic carbocycles. The number of carbonyl (C=O) groups excluding carboxylic acids is 2. The summed E-state index contributed by atoms with van der Waals surface area (Å²) in [6, 6.07) is 13.7. The first-order chi connectivity index (χ1) is 16.0. The first kappa shape index (κ1) is 21.1. The largest absolute Gasteiger partial charge is 0.455 e. The summed E-state index contributed by atoms with van der Waals surface area (Å²) in [6.07, 6.45) is 3.96. The molecule has 6 nitrogen and oxygen atoms in total. The van der Waals surface area contributed by atoms with Crippen LogP contribution in [0.3, 0.4) is 0 Å². The van der Waals surface area contributed by atoms with Crippen LogP contribution in [-0.4, -0.2) is 24.1 Å². The maximum Gasteiger partial charge on any atom is 0.294 e. The van der Waals surface area contributed by atoms with Gasteiger partial charge in [0.25, 0.3) is 11.8 Å². The van der Waals surface area contributed by atoms with E-state index in [-0.39, 0.29) is 11.5 Å². The number of fused-ring (bicyclic) bond motifs is 2. The van der Waals surface area contributed by atoms with Gasteiger partial charge in [0.2, 0.25) is 0 Å². The summed E-state index contributed by atoms with van der Waals surface area (Å²) in [5, 5.41) is 4.29. The lowest BCUT2D eigenvalue weighted by Gasteiger charge is -2.28. The van der Waals surface area contributed by atoms with Crippen LogP contribution < -0.4 is 10.3 Å². The van der Waals surface area contributed by atoms with E-state index in [1.807, 2.05) is 25.1 Å². The fourth-order valence-corrected chi connectivity index (χ4v) is 4.68. The van der Waals surface area contributed by atoms with Crippen LogP contribution in [-0.2, 0) is 12.8 Å². The predicted octanol–water partition coefficient (Wildman–Crippen LogP) is 4.79. The van der Waals surface area contributed by atoms with E-state index in [2.05, 4.69) is 16.6 Å². The zero-order valence-corrected chi connectivity index (χ0v) is 18.4. The van der Waals surface area contributed by atoms with Crippen molar-refractivity contribution in [3.8, 4) is 0 Å². The molecule has 168 valence electrons. The molecule has 7 heteroatoms. The van der Waals surface area contributed by atoms with Gasteiger partial charge >= 0.3 is 0 Å². The molecule has 0 bridgehead atoms. The van der Waals surface area contributed by atoms with Gasteiger partial charge in [-0.15, -0.1) is 0 Å². The number of amides is 2. The normalized spacial score (nSPS) is 16.3. The number of furan rings is 1. The summed E-state index contributed by atoms with van der Waals surface area (Å²) in [7, 11) is 0. The van der Waals surface area contributed by atoms with Gasteiger partial charge in [-0.05, 0) is 56.4 Å². The highest BCUT2D eigenvalue weighted by atomic mass is 19.1. The number of hydrazone groups is 1. The van der Waals surface area contributed by atoms with Gasteiger partial charge in [-0.1, -0.05) is 30.3 Å². The Morgan fingerprint density at radius 2 is 1.82 bits per heavy atom. The first-order valence-corrected chi connectivity index (χ1v) is 11.2. The Hall–Kier alpha value is -3.74. The Morgan fingerprint density at radius 3 is 2.67 bits per heavy atom. The fourth-order valence-electron chi connectivity index (χ4n) is 4.68. The molecule has 2 aliphatic rings. The van der Waals surface area contributed by atoms with Crippen molar-refractivity contribution in [2.24, 2.45) is 5.10 Å². The molecule has 1 N–H and O–H groups in total. The topological polar surface area (TPSA) is 74.9 Å². The Morgan fingerprint density at radius 1 is 1.03 bits per heavy atom. The second kappa shape index (κ2) is 8.65. The highest BCUT2D eigenvalue weighted by Crippen LogP contribution is 2.33. The number of aryl methyl sites for hydroxylation is 2. The number of rotatable bonds is 3. The van der Waals surface area contributed by atoms with Crippen molar-refractivity contribution in [3.05, 3.63) is 88.1 Å². The monoisotopic (exact) mass is 445 g/mol. The van der Waals surface area contributed by atoms with Gasteiger partial charge in [0, 0.05) is 29.8 Å². The predicted molar refractivity (Wildman–Crippen MR) is 123 cm³/mol. The SMILES string of the molecule is Cc1c(C(=O)N2CCCc3ccccc32)oc2c1/C(=N/NC(=O)c1ccccc1F)CCC2. The maximum atomic E-state index is 13.9. The third-order valence-electron chi connectivity index (χ3n) is 6.29. The molecule has 0 saturated heterocycles. The van der Waals surface area contributed by atoms with Gasteiger partial charge < -0.3 is 9.32 Å². The number of hydrogen-bond donors (Lipinski definition) is 1. The van der Waals surface area contributed by atoms with Crippen LogP contribution in [0.25, 0.3) is 0 Å². The van der Waals surface area contributed by atoms with Crippen molar-refractivity contribution >= 4 is 23.2 Å². The van der Waals surface area contributed by atoms with E-state index in [1.54, 1.807) is 11.0 Å². The Labute approximate surface area is 191 Å². The number of nitrogens with one attached hydrogen (secondary N) is 1. The van der Waals surface area contributed by atoms with Crippen LogP contribution >= 0.6 is 0 Å². The Kier molecular flexibility index (Phi) is 5.54. The van der Waals surface area contributed by atoms with E-state index in [4.69, 9.17) is 4.42 Å². The molecule has 5 rings (SSSR count). The standard InChI is InChI=1S/C26H24FN3O3/c1-16-23-20(28-29-25(31)18-10-3-4-11-19(18)27)12-6-14-22(23)33-24(16)26(32)30-15-7-9-17-8-2-5-13-21(17)30/h2-5,8,10-11,13H,6-7,9,12,14-15H2,1H3,(H,29,31)/b28-20+. The molecule has 0 radical (unpaired) electrons. The minimum Gasteiger partial charge on any atom is -0.455 e. The van der Waals surface area contributed by atoms with Gasteiger partial charge in [0.1, 0.15) is 11.6 Å². The van der Waals surface area contributed by atoms with Gasteiger partial charge in [0.15, 0.2) is 5.76 Å². The van der Waals surface area contributed by atoms with E-state index < -0.39 is 11.7 Å². The quantitative estimate of drug-likeness (QED) is 0.589. The molecule has 0 fully saturated rings. The molecule has 3 aromatic rings. The molecule has 0 atom stereocenters. The second-order valence-electron chi connectivity index (χ2n) is 8.38. The van der Waals surface area contributed by atoms with Gasteiger partial charge in [-0.25, -0.2) is 9.82 Å². The van der Waals surface area contributed by atoms with E-state index in [0.29, 0.717) is 36.6 Å². The molecule has 0 saturated carbocycles. The summed E-state index contributed by atoms with van der Waals surface area (Å²) in [5.74, 6) is -0.370. The van der Waals surface area contributed by atoms with Crippen molar-refractivity contribution in [2.45, 2.75) is 39.0 Å². The summed E-state index contributed by atoms with van der Waals surface area (Å²) in [5.41, 5.74) is 6.60. The molecule has 1 aliphatic carbocycles. The Bertz CT molecular complexity index is 1280. The van der Waals surface area contributed by atoms with Gasteiger partial charge in [0.05, 0.1) is 11.3 Å². The van der Waals surface area contributed by atoms with Gasteiger partial charge in [-0.2, -0.15) is 5.10 Å². The molecule has 0 unspecified atom stereocenters. The zero-order valence-electron chi connectivity index (χ0n) is 18.4. The van der Waals surface area contributed by atoms with Crippen molar-refractivity contribution in [1.82, 2.24) is 5.43 Å². The number of anilines is 1. The molecule has 2 amide bonds. The summed E-state index contributed by atoms with van der Waals surface area (Å²) >= 11 is 0. The molecular formula is C26H24FN3O3. The number of hydrogen-bond acceptors (Lipinski definition) is 4. The third-order valence-corrected chi connectivity index (χ3v) is 6.29. The number of para-hydroxylation sites is 1. The van der Waals surface area contributed by atoms with Crippen LogP contribution in [0.5, 0.6) is 0 Å². The minimum atomic E-state index is -0.616. The summed E-state index contributed by atoms with van der Waals surface area (Å²) in [6.45, 7) is 2.49. The summed E-state index contributed by atoms with van der Waals surface area (Å²) in [4.78, 5) is 27.7. The maximum absolute atomic E-state index is 13.9. The third kappa shape index (κ3) is 3.84. The average Bonchev–Trinajstić information content (AvgIpc) is 3.19. The highest BCUT2D eigenvalue weighted by molar-refractivity contribution is 6.10. The van der Waals surface area contributed by atoms with Crippen molar-refractivity contribution in [1.29, 1.82) is 0 Å². The van der Waals surface area contributed by atoms with Crippen LogP contribution in [0, 0.1) is 12.7 Å².